The Morgan fingerprint density at radius 1 is 1.40 bits per heavy atom. The smallest absolute Gasteiger partial charge is 0.137 e. The maximum Gasteiger partial charge on any atom is 0.137 e. The topological polar surface area (TPSA) is 50.3 Å². The monoisotopic (exact) mass is 278 g/mol. The van der Waals surface area contributed by atoms with Crippen LogP contribution in [0.1, 0.15) is 39.2 Å². The lowest BCUT2D eigenvalue weighted by molar-refractivity contribution is 0.118. The highest BCUT2D eigenvalue weighted by Crippen LogP contribution is 2.28. The molecule has 5 nitrogen and oxygen atoms in total. The average Bonchev–Trinajstić information content (AvgIpc) is 2.89. The molecule has 1 saturated heterocycles. The fraction of sp³-hybridized carbons (Fsp3) is 0.733. The summed E-state index contributed by atoms with van der Waals surface area (Å²) in [6.07, 6.45) is 4.98. The summed E-state index contributed by atoms with van der Waals surface area (Å²) < 4.78 is 5.68. The number of nitrogens with one attached hydrogen (secondary N) is 1. The van der Waals surface area contributed by atoms with Gasteiger partial charge in [0.1, 0.15) is 18.0 Å². The van der Waals surface area contributed by atoms with Crippen LogP contribution in [0.25, 0.3) is 0 Å². The van der Waals surface area contributed by atoms with Crippen molar-refractivity contribution in [2.24, 2.45) is 0 Å². The van der Waals surface area contributed by atoms with E-state index in [0.29, 0.717) is 6.04 Å². The molecule has 1 aliphatic rings. The van der Waals surface area contributed by atoms with Crippen LogP contribution < -0.4 is 10.2 Å². The molecule has 1 aromatic heterocycles. The molecule has 2 atom stereocenters. The van der Waals surface area contributed by atoms with E-state index in [1.807, 2.05) is 0 Å². The largest absolute Gasteiger partial charge is 0.376 e. The Bertz CT molecular complexity index is 438. The van der Waals surface area contributed by atoms with Crippen molar-refractivity contribution in [1.29, 1.82) is 0 Å². The molecule has 20 heavy (non-hydrogen) atoms. The van der Waals surface area contributed by atoms with Crippen LogP contribution in [0.5, 0.6) is 0 Å². The summed E-state index contributed by atoms with van der Waals surface area (Å²) in [7, 11) is 2.11. The van der Waals surface area contributed by atoms with E-state index in [9.17, 15) is 0 Å². The van der Waals surface area contributed by atoms with Gasteiger partial charge < -0.3 is 15.0 Å². The van der Waals surface area contributed by atoms with Crippen molar-refractivity contribution in [3.8, 4) is 0 Å². The van der Waals surface area contributed by atoms with Crippen LogP contribution in [0.2, 0.25) is 0 Å². The molecule has 1 N–H and O–H groups in total. The van der Waals surface area contributed by atoms with Gasteiger partial charge in [0.05, 0.1) is 12.1 Å². The molecule has 0 aromatic carbocycles. The zero-order valence-electron chi connectivity index (χ0n) is 13.0. The lowest BCUT2D eigenvalue weighted by Gasteiger charge is -2.29. The highest BCUT2D eigenvalue weighted by molar-refractivity contribution is 5.59. The highest BCUT2D eigenvalue weighted by Gasteiger charge is 2.30. The van der Waals surface area contributed by atoms with Crippen LogP contribution in [0, 0.1) is 0 Å². The fourth-order valence-electron chi connectivity index (χ4n) is 2.81. The molecule has 0 radical (unpaired) electrons. The quantitative estimate of drug-likeness (QED) is 0.866. The van der Waals surface area contributed by atoms with Crippen molar-refractivity contribution in [2.75, 3.05) is 30.4 Å². The second-order valence-corrected chi connectivity index (χ2v) is 5.35. The summed E-state index contributed by atoms with van der Waals surface area (Å²) in [5, 5.41) is 3.40. The second-order valence-electron chi connectivity index (χ2n) is 5.35. The molecule has 1 aliphatic heterocycles. The predicted octanol–water partition coefficient (Wildman–Crippen LogP) is 2.47. The van der Waals surface area contributed by atoms with Crippen molar-refractivity contribution in [2.45, 2.75) is 52.2 Å². The predicted molar refractivity (Wildman–Crippen MR) is 82.4 cm³/mol. The van der Waals surface area contributed by atoms with Gasteiger partial charge in [-0.2, -0.15) is 0 Å². The lowest BCUT2D eigenvalue weighted by atomic mass is 10.1. The Balaban J connectivity index is 2.25. The van der Waals surface area contributed by atoms with Gasteiger partial charge in [-0.05, 0) is 26.2 Å². The summed E-state index contributed by atoms with van der Waals surface area (Å²) >= 11 is 0. The average molecular weight is 278 g/mol. The molecule has 0 spiro atoms. The first kappa shape index (κ1) is 15.0. The third kappa shape index (κ3) is 3.03. The Morgan fingerprint density at radius 3 is 2.80 bits per heavy atom. The van der Waals surface area contributed by atoms with E-state index in [1.54, 1.807) is 6.33 Å². The normalized spacial score (nSPS) is 22.0. The van der Waals surface area contributed by atoms with Gasteiger partial charge in [-0.25, -0.2) is 9.97 Å². The molecule has 1 aromatic rings. The molecule has 2 heterocycles. The maximum absolute atomic E-state index is 5.68. The number of hydrogen-bond acceptors (Lipinski definition) is 5. The molecular weight excluding hydrogens is 252 g/mol. The number of aromatic nitrogens is 2. The molecular formula is C15H26N4O. The van der Waals surface area contributed by atoms with Crippen molar-refractivity contribution < 1.29 is 4.74 Å². The van der Waals surface area contributed by atoms with Crippen LogP contribution >= 0.6 is 0 Å². The van der Waals surface area contributed by atoms with Crippen molar-refractivity contribution >= 4 is 11.6 Å². The summed E-state index contributed by atoms with van der Waals surface area (Å²) in [6, 6.07) is 0.397. The molecule has 0 aliphatic carbocycles. The van der Waals surface area contributed by atoms with Gasteiger partial charge in [0.25, 0.3) is 0 Å². The molecule has 5 heteroatoms. The third-order valence-corrected chi connectivity index (χ3v) is 3.99. The third-order valence-electron chi connectivity index (χ3n) is 3.99. The fourth-order valence-corrected chi connectivity index (χ4v) is 2.81. The Hall–Kier alpha value is -1.36. The summed E-state index contributed by atoms with van der Waals surface area (Å²) in [6.45, 7) is 8.23. The van der Waals surface area contributed by atoms with Crippen molar-refractivity contribution in [1.82, 2.24) is 9.97 Å². The van der Waals surface area contributed by atoms with Crippen molar-refractivity contribution in [3.05, 3.63) is 11.9 Å². The zero-order chi connectivity index (χ0) is 14.5. The summed E-state index contributed by atoms with van der Waals surface area (Å²) in [4.78, 5) is 11.2. The van der Waals surface area contributed by atoms with Gasteiger partial charge in [0.2, 0.25) is 0 Å². The number of nitrogens with zero attached hydrogens (tertiary/aromatic N) is 3. The Kier molecular flexibility index (Phi) is 5.17. The van der Waals surface area contributed by atoms with E-state index in [4.69, 9.17) is 4.74 Å². The standard InChI is InChI=1S/C15H26N4O/c1-5-8-16-14-12(6-2)15(18-10-17-14)19(4)13-7-9-20-11(13)3/h10-11,13H,5-9H2,1-4H3,(H,16,17,18). The first-order valence-corrected chi connectivity index (χ1v) is 7.61. The van der Waals surface area contributed by atoms with Gasteiger partial charge in [-0.1, -0.05) is 13.8 Å². The van der Waals surface area contributed by atoms with Gasteiger partial charge in [-0.3, -0.25) is 0 Å². The van der Waals surface area contributed by atoms with E-state index in [0.717, 1.165) is 44.0 Å². The molecule has 2 unspecified atom stereocenters. The van der Waals surface area contributed by atoms with Gasteiger partial charge in [0.15, 0.2) is 0 Å². The minimum atomic E-state index is 0.256. The second kappa shape index (κ2) is 6.88. The lowest BCUT2D eigenvalue weighted by Crippen LogP contribution is -2.38. The minimum Gasteiger partial charge on any atom is -0.376 e. The van der Waals surface area contributed by atoms with Crippen LogP contribution in [-0.2, 0) is 11.2 Å². The van der Waals surface area contributed by atoms with Gasteiger partial charge in [-0.15, -0.1) is 0 Å². The van der Waals surface area contributed by atoms with Crippen LogP contribution in [0.4, 0.5) is 11.6 Å². The molecule has 112 valence electrons. The number of anilines is 2. The summed E-state index contributed by atoms with van der Waals surface area (Å²) in [5.41, 5.74) is 1.20. The van der Waals surface area contributed by atoms with E-state index in [1.165, 1.54) is 5.56 Å². The number of hydrogen-bond donors (Lipinski definition) is 1. The van der Waals surface area contributed by atoms with Gasteiger partial charge in [0, 0.05) is 25.8 Å². The van der Waals surface area contributed by atoms with Crippen molar-refractivity contribution in [3.63, 3.8) is 0 Å². The SMILES string of the molecule is CCCNc1ncnc(N(C)C2CCOC2C)c1CC. The number of ether oxygens (including phenoxy) is 1. The molecule has 0 saturated carbocycles. The molecule has 0 amide bonds. The maximum atomic E-state index is 5.68. The van der Waals surface area contributed by atoms with E-state index >= 15 is 0 Å². The first-order chi connectivity index (χ1) is 9.69. The van der Waals surface area contributed by atoms with Crippen LogP contribution in [0.3, 0.4) is 0 Å². The number of rotatable bonds is 6. The van der Waals surface area contributed by atoms with Crippen LogP contribution in [0.15, 0.2) is 6.33 Å². The van der Waals surface area contributed by atoms with E-state index in [-0.39, 0.29) is 6.10 Å². The van der Waals surface area contributed by atoms with Crippen LogP contribution in [-0.4, -0.2) is 42.3 Å². The van der Waals surface area contributed by atoms with Gasteiger partial charge >= 0.3 is 0 Å². The zero-order valence-corrected chi connectivity index (χ0v) is 13.0. The Labute approximate surface area is 121 Å². The molecule has 2 rings (SSSR count). The van der Waals surface area contributed by atoms with E-state index in [2.05, 4.69) is 48.0 Å². The number of likely N-dealkylation sites (N-methyl/N-ethyl adjacent to an activating group) is 1. The molecule has 1 fully saturated rings. The first-order valence-electron chi connectivity index (χ1n) is 7.61. The molecule has 0 bridgehead atoms. The highest BCUT2D eigenvalue weighted by atomic mass is 16.5. The Morgan fingerprint density at radius 2 is 2.20 bits per heavy atom. The van der Waals surface area contributed by atoms with E-state index < -0.39 is 0 Å². The minimum absolute atomic E-state index is 0.256. The summed E-state index contributed by atoms with van der Waals surface area (Å²) in [5.74, 6) is 2.00.